The Hall–Kier alpha value is -3.16. The van der Waals surface area contributed by atoms with Crippen LogP contribution in [-0.4, -0.2) is 51.5 Å². The second kappa shape index (κ2) is 10.6. The zero-order valence-corrected chi connectivity index (χ0v) is 19.1. The largest absolute Gasteiger partial charge is 0.481 e. The van der Waals surface area contributed by atoms with E-state index in [0.717, 1.165) is 62.1 Å². The van der Waals surface area contributed by atoms with Crippen molar-refractivity contribution < 1.29 is 19.4 Å². The Morgan fingerprint density at radius 1 is 1.33 bits per heavy atom. The van der Waals surface area contributed by atoms with Gasteiger partial charge in [-0.1, -0.05) is 12.1 Å². The number of aryl methyl sites for hydroxylation is 2. The average Bonchev–Trinajstić information content (AvgIpc) is 3.18. The molecule has 1 unspecified atom stereocenters. The summed E-state index contributed by atoms with van der Waals surface area (Å²) in [6, 6.07) is 7.27. The fourth-order valence-electron chi connectivity index (χ4n) is 4.77. The third-order valence-electron chi connectivity index (χ3n) is 6.47. The number of likely N-dealkylation sites (tertiary alicyclic amines) is 1. The third-order valence-corrected chi connectivity index (χ3v) is 6.47. The van der Waals surface area contributed by atoms with E-state index in [2.05, 4.69) is 22.4 Å². The van der Waals surface area contributed by atoms with Crippen molar-refractivity contribution >= 4 is 17.7 Å². The van der Waals surface area contributed by atoms with Crippen LogP contribution < -0.4 is 10.1 Å². The maximum absolute atomic E-state index is 13.2. The number of amides is 1. The third kappa shape index (κ3) is 5.61. The van der Waals surface area contributed by atoms with Gasteiger partial charge in [0.05, 0.1) is 19.1 Å². The standard InChI is InChI=1S/C25H32N4O4/c1-2-33-22-11-9-19(16-27-22)21(15-23(30)31)29-14-12-18(25(29)32)5-3-7-20-10-8-17-6-4-13-26-24(17)28-20/h8-11,16,18,21H,2-7,12-15H2,1H3,(H,26,28)(H,30,31)/t18?,21-/m0/s1. The van der Waals surface area contributed by atoms with Gasteiger partial charge in [0, 0.05) is 37.0 Å². The van der Waals surface area contributed by atoms with Crippen LogP contribution in [0.2, 0.25) is 0 Å². The van der Waals surface area contributed by atoms with Crippen LogP contribution in [0.3, 0.4) is 0 Å². The number of carbonyl (C=O) groups excluding carboxylic acids is 1. The number of carboxylic acids is 1. The van der Waals surface area contributed by atoms with Crippen LogP contribution in [0.15, 0.2) is 30.5 Å². The summed E-state index contributed by atoms with van der Waals surface area (Å²) in [5, 5.41) is 12.8. The summed E-state index contributed by atoms with van der Waals surface area (Å²) in [6.07, 6.45) is 6.94. The molecular formula is C25H32N4O4. The number of aromatic nitrogens is 2. The highest BCUT2D eigenvalue weighted by Gasteiger charge is 2.37. The number of carbonyl (C=O) groups is 2. The van der Waals surface area contributed by atoms with Crippen LogP contribution >= 0.6 is 0 Å². The number of ether oxygens (including phenoxy) is 1. The number of pyridine rings is 2. The van der Waals surface area contributed by atoms with E-state index in [9.17, 15) is 14.7 Å². The molecule has 0 aliphatic carbocycles. The molecule has 2 aliphatic rings. The molecule has 0 bridgehead atoms. The van der Waals surface area contributed by atoms with E-state index in [4.69, 9.17) is 9.72 Å². The molecule has 0 aromatic carbocycles. The lowest BCUT2D eigenvalue weighted by Crippen LogP contribution is -2.33. The molecule has 1 saturated heterocycles. The maximum atomic E-state index is 13.2. The predicted molar refractivity (Wildman–Crippen MR) is 124 cm³/mol. The monoisotopic (exact) mass is 452 g/mol. The first-order chi connectivity index (χ1) is 16.0. The van der Waals surface area contributed by atoms with E-state index >= 15 is 0 Å². The normalized spacial score (nSPS) is 18.5. The van der Waals surface area contributed by atoms with Crippen LogP contribution in [0.25, 0.3) is 0 Å². The molecule has 2 aromatic rings. The number of rotatable bonds is 10. The Kier molecular flexibility index (Phi) is 7.42. The summed E-state index contributed by atoms with van der Waals surface area (Å²) < 4.78 is 5.38. The first-order valence-electron chi connectivity index (χ1n) is 11.9. The number of aliphatic carboxylic acids is 1. The molecule has 176 valence electrons. The van der Waals surface area contributed by atoms with Crippen LogP contribution in [0.5, 0.6) is 5.88 Å². The number of fused-ring (bicyclic) bond motifs is 1. The van der Waals surface area contributed by atoms with Crippen molar-refractivity contribution in [3.8, 4) is 5.88 Å². The van der Waals surface area contributed by atoms with Gasteiger partial charge in [-0.3, -0.25) is 9.59 Å². The quantitative estimate of drug-likeness (QED) is 0.567. The molecule has 0 radical (unpaired) electrons. The van der Waals surface area contributed by atoms with Gasteiger partial charge in [0.1, 0.15) is 5.82 Å². The van der Waals surface area contributed by atoms with Gasteiger partial charge in [0.2, 0.25) is 11.8 Å². The minimum absolute atomic E-state index is 0.0372. The summed E-state index contributed by atoms with van der Waals surface area (Å²) in [6.45, 7) is 3.92. The highest BCUT2D eigenvalue weighted by molar-refractivity contribution is 5.82. The van der Waals surface area contributed by atoms with E-state index in [0.29, 0.717) is 19.0 Å². The predicted octanol–water partition coefficient (Wildman–Crippen LogP) is 3.62. The second-order valence-electron chi connectivity index (χ2n) is 8.73. The molecule has 8 heteroatoms. The molecule has 2 N–H and O–H groups in total. The molecule has 2 aliphatic heterocycles. The molecule has 1 fully saturated rings. The Morgan fingerprint density at radius 3 is 2.97 bits per heavy atom. The van der Waals surface area contributed by atoms with E-state index in [-0.39, 0.29) is 18.2 Å². The van der Waals surface area contributed by atoms with Gasteiger partial charge in [0.15, 0.2) is 0 Å². The van der Waals surface area contributed by atoms with Gasteiger partial charge in [-0.15, -0.1) is 0 Å². The second-order valence-corrected chi connectivity index (χ2v) is 8.73. The molecular weight excluding hydrogens is 420 g/mol. The molecule has 8 nitrogen and oxygen atoms in total. The smallest absolute Gasteiger partial charge is 0.305 e. The molecule has 1 amide bonds. The summed E-state index contributed by atoms with van der Waals surface area (Å²) in [4.78, 5) is 35.4. The lowest BCUT2D eigenvalue weighted by atomic mass is 9.98. The number of carboxylic acid groups (broad SMARTS) is 1. The van der Waals surface area contributed by atoms with E-state index in [1.807, 2.05) is 13.0 Å². The Morgan fingerprint density at radius 2 is 2.21 bits per heavy atom. The SMILES string of the molecule is CCOc1ccc([C@H](CC(=O)O)N2CCC(CCCc3ccc4c(n3)NCCC4)C2=O)cn1. The summed E-state index contributed by atoms with van der Waals surface area (Å²) in [7, 11) is 0. The Balaban J connectivity index is 1.36. The zero-order valence-electron chi connectivity index (χ0n) is 19.1. The lowest BCUT2D eigenvalue weighted by molar-refractivity contribution is -0.140. The molecule has 4 rings (SSSR count). The fraction of sp³-hybridized carbons (Fsp3) is 0.520. The highest BCUT2D eigenvalue weighted by Crippen LogP contribution is 2.33. The topological polar surface area (TPSA) is 105 Å². The van der Waals surface area contributed by atoms with E-state index in [1.54, 1.807) is 17.2 Å². The van der Waals surface area contributed by atoms with Gasteiger partial charge in [-0.25, -0.2) is 9.97 Å². The van der Waals surface area contributed by atoms with Gasteiger partial charge in [0.25, 0.3) is 0 Å². The van der Waals surface area contributed by atoms with Gasteiger partial charge in [-0.2, -0.15) is 0 Å². The van der Waals surface area contributed by atoms with Crippen molar-refractivity contribution in [2.45, 2.75) is 57.9 Å². The van der Waals surface area contributed by atoms with Crippen molar-refractivity contribution in [3.63, 3.8) is 0 Å². The molecule has 0 saturated carbocycles. The fourth-order valence-corrected chi connectivity index (χ4v) is 4.77. The first-order valence-corrected chi connectivity index (χ1v) is 11.9. The van der Waals surface area contributed by atoms with E-state index < -0.39 is 12.0 Å². The summed E-state index contributed by atoms with van der Waals surface area (Å²) >= 11 is 0. The van der Waals surface area contributed by atoms with Crippen LogP contribution in [0.4, 0.5) is 5.82 Å². The molecule has 2 atom stereocenters. The number of anilines is 1. The number of nitrogens with zero attached hydrogens (tertiary/aromatic N) is 3. The Labute approximate surface area is 194 Å². The summed E-state index contributed by atoms with van der Waals surface area (Å²) in [5.74, 6) is 0.523. The molecule has 4 heterocycles. The lowest BCUT2D eigenvalue weighted by Gasteiger charge is -2.27. The molecule has 2 aromatic heterocycles. The van der Waals surface area contributed by atoms with Crippen molar-refractivity contribution in [2.75, 3.05) is 25.0 Å². The molecule has 0 spiro atoms. The minimum Gasteiger partial charge on any atom is -0.481 e. The minimum atomic E-state index is -0.933. The number of hydrogen-bond acceptors (Lipinski definition) is 6. The number of hydrogen-bond donors (Lipinski definition) is 2. The maximum Gasteiger partial charge on any atom is 0.305 e. The van der Waals surface area contributed by atoms with Gasteiger partial charge < -0.3 is 20.1 Å². The van der Waals surface area contributed by atoms with Crippen LogP contribution in [0, 0.1) is 5.92 Å². The van der Waals surface area contributed by atoms with Gasteiger partial charge in [-0.05, 0) is 62.6 Å². The summed E-state index contributed by atoms with van der Waals surface area (Å²) in [5.41, 5.74) is 3.05. The average molecular weight is 453 g/mol. The van der Waals surface area contributed by atoms with Crippen LogP contribution in [0.1, 0.15) is 61.9 Å². The Bertz CT molecular complexity index is 979. The van der Waals surface area contributed by atoms with Crippen molar-refractivity contribution in [3.05, 3.63) is 47.3 Å². The van der Waals surface area contributed by atoms with Crippen LogP contribution in [-0.2, 0) is 22.4 Å². The zero-order chi connectivity index (χ0) is 23.2. The van der Waals surface area contributed by atoms with Crippen molar-refractivity contribution in [1.29, 1.82) is 0 Å². The van der Waals surface area contributed by atoms with Gasteiger partial charge >= 0.3 is 5.97 Å². The van der Waals surface area contributed by atoms with E-state index in [1.165, 1.54) is 5.56 Å². The molecule has 33 heavy (non-hydrogen) atoms. The van der Waals surface area contributed by atoms with Crippen molar-refractivity contribution in [1.82, 2.24) is 14.9 Å². The number of nitrogens with one attached hydrogen (secondary N) is 1. The van der Waals surface area contributed by atoms with Crippen molar-refractivity contribution in [2.24, 2.45) is 5.92 Å². The first kappa shape index (κ1) is 23.0. The highest BCUT2D eigenvalue weighted by atomic mass is 16.5.